The molecule has 0 radical (unpaired) electrons. The predicted molar refractivity (Wildman–Crippen MR) is 109 cm³/mol. The molecule has 160 valence electrons. The van der Waals surface area contributed by atoms with Crippen LogP contribution in [0.2, 0.25) is 0 Å². The summed E-state index contributed by atoms with van der Waals surface area (Å²) >= 11 is 0. The summed E-state index contributed by atoms with van der Waals surface area (Å²) in [6.45, 7) is 9.30. The highest BCUT2D eigenvalue weighted by Gasteiger charge is 2.34. The van der Waals surface area contributed by atoms with Gasteiger partial charge in [-0.1, -0.05) is 0 Å². The normalized spacial score (nSPS) is 19.3. The Bertz CT molecular complexity index is 994. The molecule has 0 spiro atoms. The van der Waals surface area contributed by atoms with E-state index in [1.54, 1.807) is 7.05 Å². The number of nitrogens with one attached hydrogen (secondary N) is 1. The lowest BCUT2D eigenvalue weighted by atomic mass is 9.97. The summed E-state index contributed by atoms with van der Waals surface area (Å²) in [6.07, 6.45) is 4.15. The molecule has 1 fully saturated rings. The maximum absolute atomic E-state index is 12.9. The van der Waals surface area contributed by atoms with Crippen molar-refractivity contribution >= 4 is 15.9 Å². The lowest BCUT2D eigenvalue weighted by Gasteiger charge is -2.31. The second-order valence-electron chi connectivity index (χ2n) is 7.68. The van der Waals surface area contributed by atoms with E-state index in [0.29, 0.717) is 19.4 Å². The average Bonchev–Trinajstić information content (AvgIpc) is 3.24. The summed E-state index contributed by atoms with van der Waals surface area (Å²) in [5, 5.41) is 11.5. The minimum Gasteiger partial charge on any atom is -0.349 e. The molecule has 3 heterocycles. The van der Waals surface area contributed by atoms with Gasteiger partial charge in [-0.3, -0.25) is 14.2 Å². The van der Waals surface area contributed by atoms with Crippen molar-refractivity contribution in [3.05, 3.63) is 29.3 Å². The fourth-order valence-electron chi connectivity index (χ4n) is 4.10. The van der Waals surface area contributed by atoms with Crippen molar-refractivity contribution in [2.45, 2.75) is 58.0 Å². The van der Waals surface area contributed by atoms with Crippen molar-refractivity contribution in [3.8, 4) is 0 Å². The topological polar surface area (TPSA) is 102 Å². The lowest BCUT2D eigenvalue weighted by Crippen LogP contribution is -2.45. The molecular weight excluding hydrogens is 392 g/mol. The summed E-state index contributed by atoms with van der Waals surface area (Å²) in [7, 11) is -1.97. The van der Waals surface area contributed by atoms with Crippen molar-refractivity contribution in [2.24, 2.45) is 13.0 Å². The third kappa shape index (κ3) is 4.23. The van der Waals surface area contributed by atoms with E-state index in [1.807, 2.05) is 32.4 Å². The van der Waals surface area contributed by atoms with Gasteiger partial charge in [0.2, 0.25) is 15.9 Å². The lowest BCUT2D eigenvalue weighted by molar-refractivity contribution is -0.126. The molecule has 1 N–H and O–H groups in total. The molecule has 0 unspecified atom stereocenters. The minimum atomic E-state index is -3.65. The highest BCUT2D eigenvalue weighted by Crippen LogP contribution is 2.26. The molecule has 2 aromatic heterocycles. The maximum Gasteiger partial charge on any atom is 0.246 e. The van der Waals surface area contributed by atoms with Crippen LogP contribution in [0.5, 0.6) is 0 Å². The molecule has 10 heteroatoms. The van der Waals surface area contributed by atoms with E-state index < -0.39 is 10.0 Å². The number of amides is 1. The largest absolute Gasteiger partial charge is 0.349 e. The number of aromatic nitrogens is 4. The van der Waals surface area contributed by atoms with Gasteiger partial charge in [0.15, 0.2) is 0 Å². The number of carbonyl (C=O) groups excluding carboxylic acids is 1. The van der Waals surface area contributed by atoms with Gasteiger partial charge in [0, 0.05) is 44.1 Å². The van der Waals surface area contributed by atoms with E-state index in [9.17, 15) is 13.2 Å². The van der Waals surface area contributed by atoms with Gasteiger partial charge < -0.3 is 5.32 Å². The number of aryl methyl sites for hydroxylation is 3. The number of hydrogen-bond donors (Lipinski definition) is 1. The van der Waals surface area contributed by atoms with Gasteiger partial charge >= 0.3 is 0 Å². The molecule has 1 amide bonds. The molecule has 29 heavy (non-hydrogen) atoms. The molecule has 3 rings (SSSR count). The van der Waals surface area contributed by atoms with Gasteiger partial charge in [0.1, 0.15) is 4.90 Å². The highest BCUT2D eigenvalue weighted by molar-refractivity contribution is 7.89. The van der Waals surface area contributed by atoms with Gasteiger partial charge in [0.25, 0.3) is 0 Å². The monoisotopic (exact) mass is 422 g/mol. The van der Waals surface area contributed by atoms with Crippen LogP contribution in [0, 0.1) is 19.8 Å². The zero-order valence-corrected chi connectivity index (χ0v) is 18.5. The van der Waals surface area contributed by atoms with Crippen LogP contribution in [0.25, 0.3) is 0 Å². The first kappa shape index (κ1) is 21.5. The third-order valence-corrected chi connectivity index (χ3v) is 7.42. The third-order valence-electron chi connectivity index (χ3n) is 5.60. The number of nitrogens with zero attached hydrogens (tertiary/aromatic N) is 5. The molecule has 1 aliphatic rings. The highest BCUT2D eigenvalue weighted by atomic mass is 32.2. The predicted octanol–water partition coefficient (Wildman–Crippen LogP) is 1.53. The standard InChI is InChI=1S/C19H30N6O3S/c1-6-25-15(4)18(14(3)22-25)13(2)21-19(26)16-8-7-9-24(11-16)29(27,28)17-10-20-23(5)12-17/h10,12-13,16H,6-9,11H2,1-5H3,(H,21,26)/t13-,16-/m0/s1. The first-order valence-electron chi connectivity index (χ1n) is 9.98. The number of hydrogen-bond acceptors (Lipinski definition) is 5. The fourth-order valence-corrected chi connectivity index (χ4v) is 5.61. The van der Waals surface area contributed by atoms with Crippen LogP contribution in [0.1, 0.15) is 49.7 Å². The molecule has 2 aromatic rings. The Kier molecular flexibility index (Phi) is 6.13. The van der Waals surface area contributed by atoms with Crippen molar-refractivity contribution < 1.29 is 13.2 Å². The van der Waals surface area contributed by atoms with E-state index in [2.05, 4.69) is 15.5 Å². The van der Waals surface area contributed by atoms with E-state index in [1.165, 1.54) is 21.4 Å². The molecular formula is C19H30N6O3S. The SMILES string of the molecule is CCn1nc(C)c([C@H](C)NC(=O)[C@H]2CCCN(S(=O)(=O)c3cnn(C)c3)C2)c1C. The Morgan fingerprint density at radius 3 is 2.69 bits per heavy atom. The Labute approximate surface area is 172 Å². The smallest absolute Gasteiger partial charge is 0.246 e. The average molecular weight is 423 g/mol. The van der Waals surface area contributed by atoms with E-state index >= 15 is 0 Å². The van der Waals surface area contributed by atoms with Crippen molar-refractivity contribution in [1.29, 1.82) is 0 Å². The van der Waals surface area contributed by atoms with Crippen LogP contribution in [0.4, 0.5) is 0 Å². The second kappa shape index (κ2) is 8.27. The molecule has 0 aliphatic carbocycles. The molecule has 1 saturated heterocycles. The quantitative estimate of drug-likeness (QED) is 0.761. The molecule has 1 aliphatic heterocycles. The summed E-state index contributed by atoms with van der Waals surface area (Å²) in [5.74, 6) is -0.494. The molecule has 0 bridgehead atoms. The molecule has 9 nitrogen and oxygen atoms in total. The summed E-state index contributed by atoms with van der Waals surface area (Å²) < 4.78 is 30.5. The van der Waals surface area contributed by atoms with Crippen LogP contribution >= 0.6 is 0 Å². The molecule has 2 atom stereocenters. The van der Waals surface area contributed by atoms with Crippen molar-refractivity contribution in [3.63, 3.8) is 0 Å². The van der Waals surface area contributed by atoms with E-state index in [4.69, 9.17) is 0 Å². The first-order valence-corrected chi connectivity index (χ1v) is 11.4. The molecule has 0 saturated carbocycles. The van der Waals surface area contributed by atoms with Gasteiger partial charge in [-0.15, -0.1) is 0 Å². The first-order chi connectivity index (χ1) is 13.6. The zero-order chi connectivity index (χ0) is 21.3. The number of piperidine rings is 1. The Morgan fingerprint density at radius 2 is 2.10 bits per heavy atom. The van der Waals surface area contributed by atoms with E-state index in [0.717, 1.165) is 23.5 Å². The second-order valence-corrected chi connectivity index (χ2v) is 9.62. The Balaban J connectivity index is 1.71. The van der Waals surface area contributed by atoms with Crippen molar-refractivity contribution in [1.82, 2.24) is 29.2 Å². The summed E-state index contributed by atoms with van der Waals surface area (Å²) in [6, 6.07) is -0.187. The Morgan fingerprint density at radius 1 is 1.38 bits per heavy atom. The van der Waals surface area contributed by atoms with Crippen LogP contribution in [-0.4, -0.2) is 51.3 Å². The molecule has 0 aromatic carbocycles. The van der Waals surface area contributed by atoms with Gasteiger partial charge in [-0.05, 0) is 40.5 Å². The van der Waals surface area contributed by atoms with Gasteiger partial charge in [-0.2, -0.15) is 14.5 Å². The Hall–Kier alpha value is -2.20. The maximum atomic E-state index is 12.9. The van der Waals surface area contributed by atoms with E-state index in [-0.39, 0.29) is 29.3 Å². The van der Waals surface area contributed by atoms with Gasteiger partial charge in [-0.25, -0.2) is 8.42 Å². The van der Waals surface area contributed by atoms with Gasteiger partial charge in [0.05, 0.1) is 23.9 Å². The van der Waals surface area contributed by atoms with Crippen molar-refractivity contribution in [2.75, 3.05) is 13.1 Å². The summed E-state index contributed by atoms with van der Waals surface area (Å²) in [4.78, 5) is 13.1. The number of rotatable bonds is 6. The zero-order valence-electron chi connectivity index (χ0n) is 17.7. The van der Waals surface area contributed by atoms with Crippen LogP contribution in [-0.2, 0) is 28.4 Å². The number of carbonyl (C=O) groups is 1. The van der Waals surface area contributed by atoms with Crippen LogP contribution < -0.4 is 5.32 Å². The van der Waals surface area contributed by atoms with Crippen LogP contribution in [0.15, 0.2) is 17.3 Å². The van der Waals surface area contributed by atoms with Crippen LogP contribution in [0.3, 0.4) is 0 Å². The fraction of sp³-hybridized carbons (Fsp3) is 0.632. The number of sulfonamides is 1. The minimum absolute atomic E-state index is 0.119. The summed E-state index contributed by atoms with van der Waals surface area (Å²) in [5.41, 5.74) is 2.97.